The van der Waals surface area contributed by atoms with E-state index in [-0.39, 0.29) is 18.7 Å². The number of carbonyl (C=O) groups excluding carboxylic acids is 1. The molecule has 2 atom stereocenters. The van der Waals surface area contributed by atoms with Gasteiger partial charge in [-0.15, -0.1) is 0 Å². The number of benzene rings is 1. The number of nitrogens with zero attached hydrogens (tertiary/aromatic N) is 2. The third kappa shape index (κ3) is 1.92. The van der Waals surface area contributed by atoms with E-state index in [0.29, 0.717) is 10.9 Å². The number of amides is 1. The standard InChI is InChI=1S/C13H13N3O4/c17-7-5-10(13(19)20)16(6-7)12(18)11-8-3-1-2-4-9(8)14-15-11/h1-4,7,10,17H,5-6H2,(H,14,15)(H,19,20)/t7-,10-/m0/s1. The van der Waals surface area contributed by atoms with Crippen molar-refractivity contribution in [3.05, 3.63) is 30.0 Å². The van der Waals surface area contributed by atoms with Crippen LogP contribution < -0.4 is 0 Å². The highest BCUT2D eigenvalue weighted by atomic mass is 16.4. The highest BCUT2D eigenvalue weighted by Gasteiger charge is 2.40. The molecule has 0 saturated carbocycles. The molecule has 7 heteroatoms. The number of rotatable bonds is 2. The molecule has 3 N–H and O–H groups in total. The van der Waals surface area contributed by atoms with Crippen molar-refractivity contribution in [1.29, 1.82) is 0 Å². The lowest BCUT2D eigenvalue weighted by molar-refractivity contribution is -0.141. The Kier molecular flexibility index (Phi) is 2.90. The summed E-state index contributed by atoms with van der Waals surface area (Å²) in [5, 5.41) is 26.1. The Morgan fingerprint density at radius 1 is 1.35 bits per heavy atom. The molecular formula is C13H13N3O4. The number of nitrogens with one attached hydrogen (secondary N) is 1. The summed E-state index contributed by atoms with van der Waals surface area (Å²) in [6.45, 7) is 0.0109. The van der Waals surface area contributed by atoms with Crippen molar-refractivity contribution < 1.29 is 19.8 Å². The largest absolute Gasteiger partial charge is 0.480 e. The molecule has 1 aromatic heterocycles. The van der Waals surface area contributed by atoms with Gasteiger partial charge in [0, 0.05) is 18.4 Å². The summed E-state index contributed by atoms with van der Waals surface area (Å²) in [5.74, 6) is -1.60. The minimum atomic E-state index is -1.12. The van der Waals surface area contributed by atoms with E-state index >= 15 is 0 Å². The van der Waals surface area contributed by atoms with Gasteiger partial charge in [-0.05, 0) is 6.07 Å². The van der Waals surface area contributed by atoms with Gasteiger partial charge in [-0.3, -0.25) is 9.89 Å². The molecular weight excluding hydrogens is 262 g/mol. The Labute approximate surface area is 113 Å². The molecule has 0 radical (unpaired) electrons. The fourth-order valence-electron chi connectivity index (χ4n) is 2.53. The van der Waals surface area contributed by atoms with Gasteiger partial charge >= 0.3 is 5.97 Å². The second kappa shape index (κ2) is 4.61. The maximum atomic E-state index is 12.5. The summed E-state index contributed by atoms with van der Waals surface area (Å²) >= 11 is 0. The number of β-amino-alcohol motifs (C(OH)–C–C–N with tert-alkyl or cyclic N) is 1. The summed E-state index contributed by atoms with van der Waals surface area (Å²) < 4.78 is 0. The van der Waals surface area contributed by atoms with Crippen LogP contribution in [0.1, 0.15) is 16.9 Å². The van der Waals surface area contributed by atoms with E-state index in [1.165, 1.54) is 0 Å². The van der Waals surface area contributed by atoms with E-state index in [2.05, 4.69) is 10.2 Å². The van der Waals surface area contributed by atoms with Crippen LogP contribution in [-0.4, -0.2) is 55.9 Å². The Hall–Kier alpha value is -2.41. The molecule has 3 rings (SSSR count). The number of H-pyrrole nitrogens is 1. The van der Waals surface area contributed by atoms with Crippen molar-refractivity contribution in [2.75, 3.05) is 6.54 Å². The molecule has 0 spiro atoms. The third-order valence-electron chi connectivity index (χ3n) is 3.50. The Bertz CT molecular complexity index is 681. The molecule has 2 aromatic rings. The van der Waals surface area contributed by atoms with Gasteiger partial charge in [-0.1, -0.05) is 18.2 Å². The fraction of sp³-hybridized carbons (Fsp3) is 0.308. The molecule has 0 aliphatic carbocycles. The average molecular weight is 275 g/mol. The molecule has 104 valence electrons. The number of hydrogen-bond donors (Lipinski definition) is 3. The smallest absolute Gasteiger partial charge is 0.326 e. The summed E-state index contributed by atoms with van der Waals surface area (Å²) in [4.78, 5) is 24.8. The zero-order valence-electron chi connectivity index (χ0n) is 10.5. The van der Waals surface area contributed by atoms with Gasteiger partial charge < -0.3 is 15.1 Å². The molecule has 20 heavy (non-hydrogen) atoms. The van der Waals surface area contributed by atoms with E-state index in [1.807, 2.05) is 6.07 Å². The Balaban J connectivity index is 1.98. The van der Waals surface area contributed by atoms with Gasteiger partial charge in [-0.2, -0.15) is 5.10 Å². The average Bonchev–Trinajstić information content (AvgIpc) is 3.01. The number of carbonyl (C=O) groups is 2. The topological polar surface area (TPSA) is 107 Å². The van der Waals surface area contributed by atoms with Crippen LogP contribution in [0.2, 0.25) is 0 Å². The number of fused-ring (bicyclic) bond motifs is 1. The summed E-state index contributed by atoms with van der Waals surface area (Å²) in [5.41, 5.74) is 0.892. The number of aliphatic carboxylic acids is 1. The molecule has 0 unspecified atom stereocenters. The maximum Gasteiger partial charge on any atom is 0.326 e. The lowest BCUT2D eigenvalue weighted by atomic mass is 10.1. The van der Waals surface area contributed by atoms with E-state index in [4.69, 9.17) is 5.11 Å². The number of hydrogen-bond acceptors (Lipinski definition) is 4. The Morgan fingerprint density at radius 2 is 2.10 bits per heavy atom. The first-order valence-electron chi connectivity index (χ1n) is 6.23. The van der Waals surface area contributed by atoms with Crippen LogP contribution in [0.3, 0.4) is 0 Å². The van der Waals surface area contributed by atoms with E-state index in [1.54, 1.807) is 18.2 Å². The van der Waals surface area contributed by atoms with Gasteiger partial charge in [-0.25, -0.2) is 4.79 Å². The van der Waals surface area contributed by atoms with Gasteiger partial charge in [0.25, 0.3) is 5.91 Å². The van der Waals surface area contributed by atoms with Crippen LogP contribution in [0.5, 0.6) is 0 Å². The molecule has 1 fully saturated rings. The third-order valence-corrected chi connectivity index (χ3v) is 3.50. The molecule has 2 heterocycles. The number of likely N-dealkylation sites (tertiary alicyclic amines) is 1. The van der Waals surface area contributed by atoms with Crippen LogP contribution >= 0.6 is 0 Å². The van der Waals surface area contributed by atoms with Crippen LogP contribution in [-0.2, 0) is 4.79 Å². The minimum Gasteiger partial charge on any atom is -0.480 e. The summed E-state index contributed by atoms with van der Waals surface area (Å²) in [7, 11) is 0. The molecule has 1 amide bonds. The zero-order valence-corrected chi connectivity index (χ0v) is 10.5. The van der Waals surface area contributed by atoms with Gasteiger partial charge in [0.2, 0.25) is 0 Å². The predicted octanol–water partition coefficient (Wildman–Crippen LogP) is 0.223. The van der Waals surface area contributed by atoms with Crippen molar-refractivity contribution in [2.24, 2.45) is 0 Å². The van der Waals surface area contributed by atoms with Crippen molar-refractivity contribution in [3.8, 4) is 0 Å². The first-order chi connectivity index (χ1) is 9.58. The Morgan fingerprint density at radius 3 is 2.85 bits per heavy atom. The molecule has 1 aliphatic heterocycles. The number of aliphatic hydroxyl groups excluding tert-OH is 1. The fourth-order valence-corrected chi connectivity index (χ4v) is 2.53. The lowest BCUT2D eigenvalue weighted by Crippen LogP contribution is -2.40. The van der Waals surface area contributed by atoms with Crippen molar-refractivity contribution in [3.63, 3.8) is 0 Å². The number of carboxylic acid groups (broad SMARTS) is 1. The van der Waals surface area contributed by atoms with Crippen LogP contribution in [0.25, 0.3) is 10.9 Å². The van der Waals surface area contributed by atoms with Gasteiger partial charge in [0.05, 0.1) is 11.6 Å². The van der Waals surface area contributed by atoms with Crippen molar-refractivity contribution >= 4 is 22.8 Å². The normalized spacial score (nSPS) is 22.4. The second-order valence-corrected chi connectivity index (χ2v) is 4.82. The van der Waals surface area contributed by atoms with Crippen molar-refractivity contribution in [1.82, 2.24) is 15.1 Å². The van der Waals surface area contributed by atoms with Gasteiger partial charge in [0.15, 0.2) is 5.69 Å². The van der Waals surface area contributed by atoms with E-state index in [9.17, 15) is 14.7 Å². The van der Waals surface area contributed by atoms with Crippen LogP contribution in [0.15, 0.2) is 24.3 Å². The summed E-state index contributed by atoms with van der Waals surface area (Å²) in [6, 6.07) is 6.12. The highest BCUT2D eigenvalue weighted by Crippen LogP contribution is 2.23. The summed E-state index contributed by atoms with van der Waals surface area (Å²) in [6.07, 6.45) is -0.770. The lowest BCUT2D eigenvalue weighted by Gasteiger charge is -2.20. The molecule has 7 nitrogen and oxygen atoms in total. The molecule has 1 saturated heterocycles. The number of para-hydroxylation sites is 1. The minimum absolute atomic E-state index is 0.0109. The van der Waals surface area contributed by atoms with E-state index < -0.39 is 24.0 Å². The molecule has 1 aliphatic rings. The van der Waals surface area contributed by atoms with E-state index in [0.717, 1.165) is 4.90 Å². The number of aromatic nitrogens is 2. The van der Waals surface area contributed by atoms with Crippen molar-refractivity contribution in [2.45, 2.75) is 18.6 Å². The SMILES string of the molecule is O=C(O)[C@@H]1C[C@H](O)CN1C(=O)c1n[nH]c2ccccc12. The predicted molar refractivity (Wildman–Crippen MR) is 69.2 cm³/mol. The quantitative estimate of drug-likeness (QED) is 0.727. The first-order valence-corrected chi connectivity index (χ1v) is 6.23. The second-order valence-electron chi connectivity index (χ2n) is 4.82. The number of aromatic amines is 1. The van der Waals surface area contributed by atoms with Gasteiger partial charge in [0.1, 0.15) is 6.04 Å². The number of carboxylic acids is 1. The number of aliphatic hydroxyl groups is 1. The molecule has 0 bridgehead atoms. The maximum absolute atomic E-state index is 12.5. The molecule has 1 aromatic carbocycles. The van der Waals surface area contributed by atoms with Crippen LogP contribution in [0.4, 0.5) is 0 Å². The van der Waals surface area contributed by atoms with Crippen LogP contribution in [0, 0.1) is 0 Å². The highest BCUT2D eigenvalue weighted by molar-refractivity contribution is 6.05. The zero-order chi connectivity index (χ0) is 14.3. The first kappa shape index (κ1) is 12.6. The monoisotopic (exact) mass is 275 g/mol.